The summed E-state index contributed by atoms with van der Waals surface area (Å²) in [4.78, 5) is 0. The van der Waals surface area contributed by atoms with Gasteiger partial charge in [-0.25, -0.2) is 5.48 Å². The van der Waals surface area contributed by atoms with E-state index in [0.717, 1.165) is 37.4 Å². The first-order valence-electron chi connectivity index (χ1n) is 10.4. The number of nitrogens with one attached hydrogen (secondary N) is 1. The van der Waals surface area contributed by atoms with Crippen LogP contribution in [0.2, 0.25) is 12.1 Å². The molecule has 1 N–H and O–H groups in total. The van der Waals surface area contributed by atoms with Gasteiger partial charge in [0.2, 0.25) is 0 Å². The van der Waals surface area contributed by atoms with Crippen LogP contribution in [0.15, 0.2) is 0 Å². The molecule has 24 heavy (non-hydrogen) atoms. The molecule has 1 rings (SSSR count). The van der Waals surface area contributed by atoms with E-state index < -0.39 is 8.56 Å². The number of hydroxylamine groups is 1. The van der Waals surface area contributed by atoms with Crippen LogP contribution in [0, 0.1) is 5.92 Å². The summed E-state index contributed by atoms with van der Waals surface area (Å²) >= 11 is 4.39. The third kappa shape index (κ3) is 9.81. The van der Waals surface area contributed by atoms with Gasteiger partial charge >= 0.3 is 8.56 Å². The van der Waals surface area contributed by atoms with E-state index in [4.69, 9.17) is 8.95 Å². The lowest BCUT2D eigenvalue weighted by Gasteiger charge is -2.34. The van der Waals surface area contributed by atoms with Gasteiger partial charge in [-0.05, 0) is 36.6 Å². The maximum atomic E-state index is 6.38. The molecule has 1 fully saturated rings. The lowest BCUT2D eigenvalue weighted by atomic mass is 10.0. The molecule has 0 radical (unpaired) electrons. The van der Waals surface area contributed by atoms with Gasteiger partial charge in [-0.3, -0.25) is 0 Å². The zero-order valence-electron chi connectivity index (χ0n) is 16.2. The average Bonchev–Trinajstić information content (AvgIpc) is 2.58. The normalized spacial score (nSPS) is 25.4. The Morgan fingerprint density at radius 2 is 1.62 bits per heavy atom. The first-order valence-corrected chi connectivity index (χ1v) is 13.3. The quantitative estimate of drug-likeness (QED) is 0.240. The second kappa shape index (κ2) is 14.6. The number of hydrogen-bond acceptors (Lipinski definition) is 4. The predicted octanol–water partition coefficient (Wildman–Crippen LogP) is 5.86. The number of rotatable bonds is 13. The molecule has 0 aromatic carbocycles. The van der Waals surface area contributed by atoms with E-state index in [2.05, 4.69) is 32.0 Å². The van der Waals surface area contributed by atoms with Crippen molar-refractivity contribution in [2.24, 2.45) is 5.92 Å². The fraction of sp³-hybridized carbons (Fsp3) is 1.00. The van der Waals surface area contributed by atoms with E-state index in [-0.39, 0.29) is 0 Å². The number of thiol groups is 1. The van der Waals surface area contributed by atoms with Gasteiger partial charge in [-0.1, -0.05) is 71.6 Å². The van der Waals surface area contributed by atoms with Crippen molar-refractivity contribution in [1.29, 1.82) is 0 Å². The Bertz CT molecular complexity index is 285. The van der Waals surface area contributed by atoms with Crippen LogP contribution >= 0.6 is 12.6 Å². The first-order chi connectivity index (χ1) is 11.8. The highest BCUT2D eigenvalue weighted by molar-refractivity contribution is 7.80. The van der Waals surface area contributed by atoms with Gasteiger partial charge in [0.05, 0.1) is 0 Å². The third-order valence-corrected chi connectivity index (χ3v) is 9.02. The Hall–Kier alpha value is 0.447. The molecule has 0 spiro atoms. The van der Waals surface area contributed by atoms with Crippen molar-refractivity contribution in [3.63, 3.8) is 0 Å². The van der Waals surface area contributed by atoms with Gasteiger partial charge in [-0.15, -0.1) is 0 Å². The van der Waals surface area contributed by atoms with E-state index in [9.17, 15) is 0 Å². The van der Waals surface area contributed by atoms with Crippen LogP contribution in [0.1, 0.15) is 84.5 Å². The minimum Gasteiger partial charge on any atom is -0.393 e. The molecule has 0 bridgehead atoms. The van der Waals surface area contributed by atoms with Crippen molar-refractivity contribution < 1.29 is 8.95 Å². The van der Waals surface area contributed by atoms with Gasteiger partial charge in [0.15, 0.2) is 0 Å². The standard InChI is InChI=1S/C19H41NO2SSi/c1-3-5-6-7-8-9-10-11-16-24(17-12-15-23)21-14-13-19(4-2)18-20-22-24/h19-20,23H,3-18H2,1-2H3. The topological polar surface area (TPSA) is 30.5 Å². The third-order valence-electron chi connectivity index (χ3n) is 5.23. The van der Waals surface area contributed by atoms with Gasteiger partial charge in [0.25, 0.3) is 0 Å². The molecule has 1 aliphatic rings. The summed E-state index contributed by atoms with van der Waals surface area (Å²) in [6, 6.07) is 2.22. The molecule has 2 unspecified atom stereocenters. The van der Waals surface area contributed by atoms with Crippen molar-refractivity contribution in [3.8, 4) is 0 Å². The Morgan fingerprint density at radius 1 is 0.958 bits per heavy atom. The van der Waals surface area contributed by atoms with Gasteiger partial charge < -0.3 is 8.95 Å². The minimum absolute atomic E-state index is 0.685. The maximum Gasteiger partial charge on any atom is 0.358 e. The second-order valence-electron chi connectivity index (χ2n) is 7.32. The van der Waals surface area contributed by atoms with E-state index in [1.165, 1.54) is 64.2 Å². The second-order valence-corrected chi connectivity index (χ2v) is 11.1. The highest BCUT2D eigenvalue weighted by atomic mass is 32.1. The van der Waals surface area contributed by atoms with Gasteiger partial charge in [0.1, 0.15) is 0 Å². The van der Waals surface area contributed by atoms with E-state index in [1.807, 2.05) is 0 Å². The van der Waals surface area contributed by atoms with Crippen molar-refractivity contribution >= 4 is 21.2 Å². The van der Waals surface area contributed by atoms with Gasteiger partial charge in [0, 0.05) is 13.2 Å². The predicted molar refractivity (Wildman–Crippen MR) is 110 cm³/mol. The summed E-state index contributed by atoms with van der Waals surface area (Å²) in [6.07, 6.45) is 14.3. The van der Waals surface area contributed by atoms with Crippen molar-refractivity contribution in [2.45, 2.75) is 96.6 Å². The smallest absolute Gasteiger partial charge is 0.358 e. The summed E-state index contributed by atoms with van der Waals surface area (Å²) in [5.41, 5.74) is 3.28. The summed E-state index contributed by atoms with van der Waals surface area (Å²) in [5.74, 6) is 1.61. The lowest BCUT2D eigenvalue weighted by Crippen LogP contribution is -2.49. The van der Waals surface area contributed by atoms with E-state index >= 15 is 0 Å². The van der Waals surface area contributed by atoms with Crippen LogP contribution in [0.25, 0.3) is 0 Å². The maximum absolute atomic E-state index is 6.38. The zero-order chi connectivity index (χ0) is 17.5. The van der Waals surface area contributed by atoms with Crippen molar-refractivity contribution in [2.75, 3.05) is 18.9 Å². The average molecular weight is 376 g/mol. The minimum atomic E-state index is -2.07. The SMILES string of the molecule is CCCCCCCCCC[Si]1(CCCS)OCCC(CC)CNO1. The molecule has 3 nitrogen and oxygen atoms in total. The Labute approximate surface area is 157 Å². The van der Waals surface area contributed by atoms with Crippen LogP contribution in [0.5, 0.6) is 0 Å². The largest absolute Gasteiger partial charge is 0.393 e. The molecule has 1 aliphatic heterocycles. The lowest BCUT2D eigenvalue weighted by molar-refractivity contribution is 0.0646. The highest BCUT2D eigenvalue weighted by Gasteiger charge is 2.38. The van der Waals surface area contributed by atoms with Crippen molar-refractivity contribution in [3.05, 3.63) is 0 Å². The summed E-state index contributed by atoms with van der Waals surface area (Å²) < 4.78 is 12.6. The van der Waals surface area contributed by atoms with E-state index in [1.54, 1.807) is 0 Å². The molecule has 0 aromatic rings. The summed E-state index contributed by atoms with van der Waals surface area (Å²) in [7, 11) is -2.07. The highest BCUT2D eigenvalue weighted by Crippen LogP contribution is 2.26. The number of unbranched alkanes of at least 4 members (excludes halogenated alkanes) is 7. The molecule has 144 valence electrons. The van der Waals surface area contributed by atoms with Crippen LogP contribution in [0.3, 0.4) is 0 Å². The fourth-order valence-corrected chi connectivity index (χ4v) is 7.03. The molecule has 2 atom stereocenters. The molecule has 1 saturated heterocycles. The van der Waals surface area contributed by atoms with Crippen LogP contribution in [-0.4, -0.2) is 27.5 Å². The molecule has 0 saturated carbocycles. The molecule has 0 aliphatic carbocycles. The molecule has 0 amide bonds. The van der Waals surface area contributed by atoms with Crippen LogP contribution < -0.4 is 5.48 Å². The van der Waals surface area contributed by atoms with Crippen molar-refractivity contribution in [1.82, 2.24) is 5.48 Å². The number of hydrogen-bond donors (Lipinski definition) is 2. The van der Waals surface area contributed by atoms with Crippen LogP contribution in [0.4, 0.5) is 0 Å². The Morgan fingerprint density at radius 3 is 2.29 bits per heavy atom. The monoisotopic (exact) mass is 375 g/mol. The summed E-state index contributed by atoms with van der Waals surface area (Å²) in [6.45, 7) is 6.39. The Balaban J connectivity index is 2.30. The zero-order valence-corrected chi connectivity index (χ0v) is 18.0. The molecule has 0 aromatic heterocycles. The molecule has 5 heteroatoms. The molecular formula is C19H41NO2SSi. The van der Waals surface area contributed by atoms with Crippen LogP contribution in [-0.2, 0) is 8.95 Å². The molecule has 1 heterocycles. The summed E-state index contributed by atoms with van der Waals surface area (Å²) in [5, 5.41) is 0. The van der Waals surface area contributed by atoms with E-state index in [0.29, 0.717) is 5.92 Å². The first kappa shape index (κ1) is 22.5. The van der Waals surface area contributed by atoms with Gasteiger partial charge in [-0.2, -0.15) is 12.6 Å². The fourth-order valence-electron chi connectivity index (χ4n) is 3.43. The molecular weight excluding hydrogens is 334 g/mol. The Kier molecular flexibility index (Phi) is 13.7.